The second-order valence-corrected chi connectivity index (χ2v) is 4.64. The number of hydrogen-bond donors (Lipinski definition) is 0. The molecule has 0 spiro atoms. The van der Waals surface area contributed by atoms with E-state index in [1.54, 1.807) is 0 Å². The van der Waals surface area contributed by atoms with Gasteiger partial charge < -0.3 is 4.74 Å². The SMILES string of the molecule is COc1cc(C(F)(F)F)cnc1C1CCCCC1. The number of ether oxygens (including phenoxy) is 1. The highest BCUT2D eigenvalue weighted by atomic mass is 19.4. The van der Waals surface area contributed by atoms with Crippen LogP contribution in [0.4, 0.5) is 13.2 Å². The van der Waals surface area contributed by atoms with E-state index in [9.17, 15) is 13.2 Å². The van der Waals surface area contributed by atoms with Gasteiger partial charge >= 0.3 is 6.18 Å². The predicted molar refractivity (Wildman–Crippen MR) is 61.6 cm³/mol. The first-order chi connectivity index (χ1) is 8.52. The van der Waals surface area contributed by atoms with Crippen molar-refractivity contribution in [1.29, 1.82) is 0 Å². The molecular formula is C13H16F3NO. The molecule has 1 aromatic rings. The topological polar surface area (TPSA) is 22.1 Å². The summed E-state index contributed by atoms with van der Waals surface area (Å²) in [5, 5.41) is 0. The highest BCUT2D eigenvalue weighted by Gasteiger charge is 2.32. The van der Waals surface area contributed by atoms with Gasteiger partial charge in [-0.1, -0.05) is 19.3 Å². The molecule has 5 heteroatoms. The molecule has 1 fully saturated rings. The van der Waals surface area contributed by atoms with Crippen molar-refractivity contribution in [2.75, 3.05) is 7.11 Å². The monoisotopic (exact) mass is 259 g/mol. The summed E-state index contributed by atoms with van der Waals surface area (Å²) in [4.78, 5) is 3.99. The molecule has 0 saturated heterocycles. The molecule has 0 atom stereocenters. The molecule has 1 aliphatic carbocycles. The summed E-state index contributed by atoms with van der Waals surface area (Å²) in [5.41, 5.74) is -0.0795. The van der Waals surface area contributed by atoms with E-state index in [-0.39, 0.29) is 11.7 Å². The van der Waals surface area contributed by atoms with E-state index in [2.05, 4.69) is 4.98 Å². The molecular weight excluding hydrogens is 243 g/mol. The van der Waals surface area contributed by atoms with Gasteiger partial charge in [-0.2, -0.15) is 13.2 Å². The fourth-order valence-electron chi connectivity index (χ4n) is 2.46. The van der Waals surface area contributed by atoms with Crippen LogP contribution in [-0.4, -0.2) is 12.1 Å². The quantitative estimate of drug-likeness (QED) is 0.795. The summed E-state index contributed by atoms with van der Waals surface area (Å²) in [6, 6.07) is 1.05. The third-order valence-corrected chi connectivity index (χ3v) is 3.42. The number of hydrogen-bond acceptors (Lipinski definition) is 2. The fraction of sp³-hybridized carbons (Fsp3) is 0.615. The summed E-state index contributed by atoms with van der Waals surface area (Å²) in [7, 11) is 1.39. The Morgan fingerprint density at radius 3 is 2.44 bits per heavy atom. The van der Waals surface area contributed by atoms with Crippen LogP contribution in [0.15, 0.2) is 12.3 Å². The van der Waals surface area contributed by atoms with Crippen LogP contribution >= 0.6 is 0 Å². The van der Waals surface area contributed by atoms with Crippen LogP contribution in [0.5, 0.6) is 5.75 Å². The first-order valence-electron chi connectivity index (χ1n) is 6.13. The van der Waals surface area contributed by atoms with Crippen molar-refractivity contribution in [3.63, 3.8) is 0 Å². The molecule has 18 heavy (non-hydrogen) atoms. The summed E-state index contributed by atoms with van der Waals surface area (Å²) in [5.74, 6) is 0.493. The van der Waals surface area contributed by atoms with Crippen LogP contribution in [0.2, 0.25) is 0 Å². The maximum absolute atomic E-state index is 12.6. The number of aromatic nitrogens is 1. The van der Waals surface area contributed by atoms with E-state index < -0.39 is 11.7 Å². The Hall–Kier alpha value is -1.26. The number of alkyl halides is 3. The van der Waals surface area contributed by atoms with Crippen molar-refractivity contribution >= 4 is 0 Å². The fourth-order valence-corrected chi connectivity index (χ4v) is 2.46. The average molecular weight is 259 g/mol. The van der Waals surface area contributed by atoms with Crippen molar-refractivity contribution in [3.05, 3.63) is 23.5 Å². The van der Waals surface area contributed by atoms with E-state index in [0.717, 1.165) is 37.9 Å². The summed E-state index contributed by atoms with van der Waals surface area (Å²) >= 11 is 0. The molecule has 0 amide bonds. The molecule has 1 aromatic heterocycles. The van der Waals surface area contributed by atoms with Crippen LogP contribution in [0, 0.1) is 0 Å². The molecule has 0 N–H and O–H groups in total. The third kappa shape index (κ3) is 2.76. The minimum absolute atomic E-state index is 0.232. The van der Waals surface area contributed by atoms with Gasteiger partial charge in [0.2, 0.25) is 0 Å². The molecule has 1 saturated carbocycles. The third-order valence-electron chi connectivity index (χ3n) is 3.42. The Bertz CT molecular complexity index is 411. The first kappa shape index (κ1) is 13.2. The van der Waals surface area contributed by atoms with Crippen molar-refractivity contribution < 1.29 is 17.9 Å². The van der Waals surface area contributed by atoms with E-state index in [1.807, 2.05) is 0 Å². The number of pyridine rings is 1. The molecule has 1 heterocycles. The van der Waals surface area contributed by atoms with Crippen molar-refractivity contribution in [3.8, 4) is 5.75 Å². The smallest absolute Gasteiger partial charge is 0.418 e. The van der Waals surface area contributed by atoms with E-state index in [4.69, 9.17) is 4.74 Å². The highest BCUT2D eigenvalue weighted by Crippen LogP contribution is 2.38. The molecule has 0 radical (unpaired) electrons. The predicted octanol–water partition coefficient (Wildman–Crippen LogP) is 4.16. The summed E-state index contributed by atoms with van der Waals surface area (Å²) < 4.78 is 42.8. The van der Waals surface area contributed by atoms with Crippen LogP contribution in [0.25, 0.3) is 0 Å². The van der Waals surface area contributed by atoms with Crippen molar-refractivity contribution in [2.24, 2.45) is 0 Å². The van der Waals surface area contributed by atoms with Gasteiger partial charge in [-0.25, -0.2) is 0 Å². The van der Waals surface area contributed by atoms with Crippen LogP contribution in [0.3, 0.4) is 0 Å². The average Bonchev–Trinajstić information content (AvgIpc) is 2.38. The zero-order chi connectivity index (χ0) is 13.2. The molecule has 0 bridgehead atoms. The minimum Gasteiger partial charge on any atom is -0.495 e. The van der Waals surface area contributed by atoms with Crippen LogP contribution in [-0.2, 0) is 6.18 Å². The Labute approximate surface area is 104 Å². The zero-order valence-corrected chi connectivity index (χ0v) is 10.3. The lowest BCUT2D eigenvalue weighted by Crippen LogP contribution is -2.11. The molecule has 0 unspecified atom stereocenters. The molecule has 0 aromatic carbocycles. The number of rotatable bonds is 2. The normalized spacial score (nSPS) is 17.8. The largest absolute Gasteiger partial charge is 0.495 e. The van der Waals surface area contributed by atoms with E-state index in [1.165, 1.54) is 13.5 Å². The van der Waals surface area contributed by atoms with Crippen LogP contribution < -0.4 is 4.74 Å². The maximum Gasteiger partial charge on any atom is 0.418 e. The molecule has 2 rings (SSSR count). The van der Waals surface area contributed by atoms with Gasteiger partial charge in [-0.05, 0) is 18.9 Å². The molecule has 1 aliphatic rings. The number of nitrogens with zero attached hydrogens (tertiary/aromatic N) is 1. The lowest BCUT2D eigenvalue weighted by Gasteiger charge is -2.23. The summed E-state index contributed by atoms with van der Waals surface area (Å²) in [6.07, 6.45) is 1.91. The van der Waals surface area contributed by atoms with Gasteiger partial charge in [0.25, 0.3) is 0 Å². The van der Waals surface area contributed by atoms with Crippen molar-refractivity contribution in [1.82, 2.24) is 4.98 Å². The molecule has 100 valence electrons. The Morgan fingerprint density at radius 1 is 1.22 bits per heavy atom. The van der Waals surface area contributed by atoms with Crippen molar-refractivity contribution in [2.45, 2.75) is 44.2 Å². The molecule has 2 nitrogen and oxygen atoms in total. The second kappa shape index (κ2) is 5.16. The second-order valence-electron chi connectivity index (χ2n) is 4.64. The summed E-state index contributed by atoms with van der Waals surface area (Å²) in [6.45, 7) is 0. The number of halogens is 3. The Morgan fingerprint density at radius 2 is 1.89 bits per heavy atom. The van der Waals surface area contributed by atoms with Gasteiger partial charge in [0.05, 0.1) is 18.4 Å². The minimum atomic E-state index is -4.37. The first-order valence-corrected chi connectivity index (χ1v) is 6.13. The van der Waals surface area contributed by atoms with E-state index >= 15 is 0 Å². The number of methoxy groups -OCH3 is 1. The maximum atomic E-state index is 12.6. The zero-order valence-electron chi connectivity index (χ0n) is 10.3. The van der Waals surface area contributed by atoms with Gasteiger partial charge in [-0.3, -0.25) is 4.98 Å². The van der Waals surface area contributed by atoms with E-state index in [0.29, 0.717) is 5.69 Å². The highest BCUT2D eigenvalue weighted by molar-refractivity contribution is 5.35. The Balaban J connectivity index is 2.30. The van der Waals surface area contributed by atoms with Crippen LogP contribution in [0.1, 0.15) is 49.3 Å². The van der Waals surface area contributed by atoms with Gasteiger partial charge in [-0.15, -0.1) is 0 Å². The lowest BCUT2D eigenvalue weighted by molar-refractivity contribution is -0.138. The van der Waals surface area contributed by atoms with Gasteiger partial charge in [0.1, 0.15) is 5.75 Å². The molecule has 0 aliphatic heterocycles. The lowest BCUT2D eigenvalue weighted by atomic mass is 9.86. The van der Waals surface area contributed by atoms with Gasteiger partial charge in [0, 0.05) is 12.1 Å². The standard InChI is InChI=1S/C13H16F3NO/c1-18-11-7-10(13(14,15)16)8-17-12(11)9-5-3-2-4-6-9/h7-9H,2-6H2,1H3. The van der Waals surface area contributed by atoms with Gasteiger partial charge in [0.15, 0.2) is 0 Å². The Kier molecular flexibility index (Phi) is 3.78.